The highest BCUT2D eigenvalue weighted by Gasteiger charge is 2.23. The quantitative estimate of drug-likeness (QED) is 0.849. The normalized spacial score (nSPS) is 15.5. The Bertz CT molecular complexity index is 510. The van der Waals surface area contributed by atoms with Crippen molar-refractivity contribution >= 4 is 11.6 Å². The molecule has 17 heavy (non-hydrogen) atoms. The van der Waals surface area contributed by atoms with E-state index >= 15 is 0 Å². The number of hydrogen-bond donors (Lipinski definition) is 2. The van der Waals surface area contributed by atoms with Crippen LogP contribution in [0.1, 0.15) is 35.8 Å². The van der Waals surface area contributed by atoms with E-state index in [1.807, 2.05) is 18.3 Å². The average Bonchev–Trinajstić information content (AvgIpc) is 2.85. The SMILES string of the molecule is O=C(Nc1cn[nH]c1)c1cccn1C1CCC1. The van der Waals surface area contributed by atoms with Crippen molar-refractivity contribution in [2.24, 2.45) is 0 Å². The molecule has 2 aromatic rings. The molecule has 1 aliphatic carbocycles. The van der Waals surface area contributed by atoms with Gasteiger partial charge in [-0.2, -0.15) is 5.10 Å². The molecular weight excluding hydrogens is 216 g/mol. The minimum Gasteiger partial charge on any atom is -0.340 e. The molecule has 0 bridgehead atoms. The highest BCUT2D eigenvalue weighted by atomic mass is 16.2. The third-order valence-corrected chi connectivity index (χ3v) is 3.24. The van der Waals surface area contributed by atoms with Crippen LogP contribution >= 0.6 is 0 Å². The highest BCUT2D eigenvalue weighted by Crippen LogP contribution is 2.32. The molecule has 2 aromatic heterocycles. The third kappa shape index (κ3) is 1.84. The van der Waals surface area contributed by atoms with Crippen LogP contribution in [-0.2, 0) is 0 Å². The summed E-state index contributed by atoms with van der Waals surface area (Å²) in [7, 11) is 0. The molecule has 0 unspecified atom stereocenters. The van der Waals surface area contributed by atoms with E-state index in [9.17, 15) is 4.79 Å². The molecule has 0 aromatic carbocycles. The van der Waals surface area contributed by atoms with Crippen molar-refractivity contribution in [3.05, 3.63) is 36.4 Å². The molecule has 1 amide bonds. The summed E-state index contributed by atoms with van der Waals surface area (Å²) >= 11 is 0. The number of carbonyl (C=O) groups excluding carboxylic acids is 1. The predicted molar refractivity (Wildman–Crippen MR) is 63.9 cm³/mol. The Kier molecular flexibility index (Phi) is 2.44. The Labute approximate surface area is 98.8 Å². The van der Waals surface area contributed by atoms with Gasteiger partial charge < -0.3 is 9.88 Å². The summed E-state index contributed by atoms with van der Waals surface area (Å²) in [5.41, 5.74) is 1.41. The van der Waals surface area contributed by atoms with Gasteiger partial charge in [0.05, 0.1) is 11.9 Å². The molecule has 1 fully saturated rings. The van der Waals surface area contributed by atoms with Gasteiger partial charge in [-0.1, -0.05) is 0 Å². The predicted octanol–water partition coefficient (Wildman–Crippen LogP) is 2.19. The van der Waals surface area contributed by atoms with E-state index in [1.54, 1.807) is 12.4 Å². The summed E-state index contributed by atoms with van der Waals surface area (Å²) < 4.78 is 2.07. The van der Waals surface area contributed by atoms with Crippen LogP contribution in [0.3, 0.4) is 0 Å². The van der Waals surface area contributed by atoms with Crippen LogP contribution in [0.5, 0.6) is 0 Å². The molecule has 1 saturated carbocycles. The minimum atomic E-state index is -0.0803. The van der Waals surface area contributed by atoms with Crippen LogP contribution in [-0.4, -0.2) is 20.7 Å². The Balaban J connectivity index is 1.79. The van der Waals surface area contributed by atoms with Crippen molar-refractivity contribution in [3.8, 4) is 0 Å². The summed E-state index contributed by atoms with van der Waals surface area (Å²) in [6, 6.07) is 4.27. The first kappa shape index (κ1) is 10.1. The first-order valence-electron chi connectivity index (χ1n) is 5.81. The lowest BCUT2D eigenvalue weighted by molar-refractivity contribution is 0.101. The van der Waals surface area contributed by atoms with Crippen molar-refractivity contribution in [1.29, 1.82) is 0 Å². The van der Waals surface area contributed by atoms with Crippen molar-refractivity contribution < 1.29 is 4.79 Å². The van der Waals surface area contributed by atoms with Gasteiger partial charge in [-0.15, -0.1) is 0 Å². The van der Waals surface area contributed by atoms with E-state index < -0.39 is 0 Å². The highest BCUT2D eigenvalue weighted by molar-refractivity contribution is 6.03. The molecule has 2 N–H and O–H groups in total. The van der Waals surface area contributed by atoms with Gasteiger partial charge in [0.15, 0.2) is 0 Å². The van der Waals surface area contributed by atoms with Gasteiger partial charge in [-0.25, -0.2) is 0 Å². The Morgan fingerprint density at radius 3 is 3.06 bits per heavy atom. The number of aromatic nitrogens is 3. The fraction of sp³-hybridized carbons (Fsp3) is 0.333. The minimum absolute atomic E-state index is 0.0803. The lowest BCUT2D eigenvalue weighted by Crippen LogP contribution is -2.23. The van der Waals surface area contributed by atoms with E-state index in [0.29, 0.717) is 11.7 Å². The number of nitrogens with zero attached hydrogens (tertiary/aromatic N) is 2. The van der Waals surface area contributed by atoms with Gasteiger partial charge in [0.2, 0.25) is 0 Å². The molecule has 2 heterocycles. The number of amides is 1. The second-order valence-electron chi connectivity index (χ2n) is 4.33. The fourth-order valence-corrected chi connectivity index (χ4v) is 2.08. The van der Waals surface area contributed by atoms with Crippen molar-refractivity contribution in [2.75, 3.05) is 5.32 Å². The maximum atomic E-state index is 12.1. The molecule has 1 aliphatic rings. The lowest BCUT2D eigenvalue weighted by atomic mass is 9.93. The Morgan fingerprint density at radius 1 is 1.53 bits per heavy atom. The van der Waals surface area contributed by atoms with Crippen LogP contribution in [0, 0.1) is 0 Å². The zero-order chi connectivity index (χ0) is 11.7. The molecule has 5 heteroatoms. The van der Waals surface area contributed by atoms with Crippen LogP contribution in [0.4, 0.5) is 5.69 Å². The number of H-pyrrole nitrogens is 1. The summed E-state index contributed by atoms with van der Waals surface area (Å²) in [5, 5.41) is 9.28. The second kappa shape index (κ2) is 4.08. The molecule has 0 saturated heterocycles. The molecule has 88 valence electrons. The van der Waals surface area contributed by atoms with Crippen LogP contribution < -0.4 is 5.32 Å². The molecule has 3 rings (SSSR count). The van der Waals surface area contributed by atoms with Gasteiger partial charge in [-0.3, -0.25) is 9.89 Å². The zero-order valence-electron chi connectivity index (χ0n) is 9.39. The Morgan fingerprint density at radius 2 is 2.41 bits per heavy atom. The van der Waals surface area contributed by atoms with E-state index in [2.05, 4.69) is 20.1 Å². The largest absolute Gasteiger partial charge is 0.340 e. The summed E-state index contributed by atoms with van der Waals surface area (Å²) in [4.78, 5) is 12.1. The van der Waals surface area contributed by atoms with E-state index in [1.165, 1.54) is 19.3 Å². The molecule has 0 atom stereocenters. The number of aromatic amines is 1. The van der Waals surface area contributed by atoms with Crippen LogP contribution in [0.25, 0.3) is 0 Å². The molecular formula is C12H14N4O. The van der Waals surface area contributed by atoms with Crippen LogP contribution in [0.15, 0.2) is 30.7 Å². The van der Waals surface area contributed by atoms with Crippen LogP contribution in [0.2, 0.25) is 0 Å². The first-order chi connectivity index (χ1) is 8.34. The second-order valence-corrected chi connectivity index (χ2v) is 4.33. The molecule has 0 aliphatic heterocycles. The monoisotopic (exact) mass is 230 g/mol. The van der Waals surface area contributed by atoms with Gasteiger partial charge in [0, 0.05) is 18.4 Å². The average molecular weight is 230 g/mol. The smallest absolute Gasteiger partial charge is 0.272 e. The third-order valence-electron chi connectivity index (χ3n) is 3.24. The zero-order valence-corrected chi connectivity index (χ0v) is 9.39. The first-order valence-corrected chi connectivity index (χ1v) is 5.81. The maximum absolute atomic E-state index is 12.1. The van der Waals surface area contributed by atoms with Crippen molar-refractivity contribution in [2.45, 2.75) is 25.3 Å². The van der Waals surface area contributed by atoms with E-state index in [-0.39, 0.29) is 5.91 Å². The summed E-state index contributed by atoms with van der Waals surface area (Å²) in [6.07, 6.45) is 8.82. The number of nitrogens with one attached hydrogen (secondary N) is 2. The Hall–Kier alpha value is -2.04. The van der Waals surface area contributed by atoms with E-state index in [4.69, 9.17) is 0 Å². The molecule has 5 nitrogen and oxygen atoms in total. The van der Waals surface area contributed by atoms with Gasteiger partial charge in [0.1, 0.15) is 5.69 Å². The van der Waals surface area contributed by atoms with Gasteiger partial charge in [0.25, 0.3) is 5.91 Å². The van der Waals surface area contributed by atoms with Crippen molar-refractivity contribution in [3.63, 3.8) is 0 Å². The molecule has 0 spiro atoms. The summed E-state index contributed by atoms with van der Waals surface area (Å²) in [6.45, 7) is 0. The van der Waals surface area contributed by atoms with Gasteiger partial charge in [-0.05, 0) is 31.4 Å². The number of carbonyl (C=O) groups is 1. The number of hydrogen-bond acceptors (Lipinski definition) is 2. The summed E-state index contributed by atoms with van der Waals surface area (Å²) in [5.74, 6) is -0.0803. The van der Waals surface area contributed by atoms with Crippen molar-refractivity contribution in [1.82, 2.24) is 14.8 Å². The standard InChI is InChI=1S/C12H14N4O/c17-12(15-9-7-13-14-8-9)11-5-2-6-16(11)10-3-1-4-10/h2,5-8,10H,1,3-4H2,(H,13,14)(H,15,17). The van der Waals surface area contributed by atoms with Gasteiger partial charge >= 0.3 is 0 Å². The molecule has 0 radical (unpaired) electrons. The number of anilines is 1. The maximum Gasteiger partial charge on any atom is 0.272 e. The number of rotatable bonds is 3. The topological polar surface area (TPSA) is 62.7 Å². The fourth-order valence-electron chi connectivity index (χ4n) is 2.08. The van der Waals surface area contributed by atoms with E-state index in [0.717, 1.165) is 5.69 Å². The lowest BCUT2D eigenvalue weighted by Gasteiger charge is -2.28.